The van der Waals surface area contributed by atoms with Crippen molar-refractivity contribution in [2.45, 2.75) is 26.4 Å². The van der Waals surface area contributed by atoms with Gasteiger partial charge in [-0.05, 0) is 38.2 Å². The van der Waals surface area contributed by atoms with E-state index in [4.69, 9.17) is 4.74 Å². The van der Waals surface area contributed by atoms with E-state index in [1.807, 2.05) is 12.1 Å². The minimum atomic E-state index is 0.492. The Bertz CT molecular complexity index is 328. The summed E-state index contributed by atoms with van der Waals surface area (Å²) < 4.78 is 5.21. The molecule has 0 spiro atoms. The molecule has 1 unspecified atom stereocenters. The van der Waals surface area contributed by atoms with Crippen molar-refractivity contribution in [3.8, 4) is 5.75 Å². The number of nitrogens with zero attached hydrogens (tertiary/aromatic N) is 1. The highest BCUT2D eigenvalue weighted by atomic mass is 16.5. The summed E-state index contributed by atoms with van der Waals surface area (Å²) in [6.45, 7) is 7.43. The Morgan fingerprint density at radius 3 is 2.82 bits per heavy atom. The van der Waals surface area contributed by atoms with E-state index in [0.29, 0.717) is 6.04 Å². The van der Waals surface area contributed by atoms with E-state index in [-0.39, 0.29) is 0 Å². The summed E-state index contributed by atoms with van der Waals surface area (Å²) in [6.07, 6.45) is 0. The van der Waals surface area contributed by atoms with Crippen molar-refractivity contribution >= 4 is 0 Å². The molecule has 1 N–H and O–H groups in total. The number of hydrogen-bond acceptors (Lipinski definition) is 3. The molecule has 0 amide bonds. The van der Waals surface area contributed by atoms with E-state index in [9.17, 15) is 0 Å². The standard InChI is InChI=1S/C14H24N2O/c1-5-16(3)11-12(2)15-10-13-7-6-8-14(9-13)17-4/h6-9,12,15H,5,10-11H2,1-4H3. The first kappa shape index (κ1) is 14.0. The summed E-state index contributed by atoms with van der Waals surface area (Å²) in [7, 11) is 3.84. The Labute approximate surface area is 105 Å². The third-order valence-corrected chi connectivity index (χ3v) is 2.91. The summed E-state index contributed by atoms with van der Waals surface area (Å²) >= 11 is 0. The average Bonchev–Trinajstić information content (AvgIpc) is 2.36. The van der Waals surface area contributed by atoms with Gasteiger partial charge in [-0.15, -0.1) is 0 Å². The van der Waals surface area contributed by atoms with Crippen molar-refractivity contribution in [2.24, 2.45) is 0 Å². The molecule has 1 aromatic carbocycles. The van der Waals surface area contributed by atoms with Gasteiger partial charge >= 0.3 is 0 Å². The van der Waals surface area contributed by atoms with Gasteiger partial charge < -0.3 is 15.0 Å². The summed E-state index contributed by atoms with van der Waals surface area (Å²) in [4.78, 5) is 2.31. The first-order chi connectivity index (χ1) is 8.15. The molecule has 1 aromatic rings. The van der Waals surface area contributed by atoms with Gasteiger partial charge in [-0.3, -0.25) is 0 Å². The lowest BCUT2D eigenvalue weighted by molar-refractivity contribution is 0.309. The molecule has 0 heterocycles. The normalized spacial score (nSPS) is 12.8. The third kappa shape index (κ3) is 5.20. The van der Waals surface area contributed by atoms with Gasteiger partial charge in [0.2, 0.25) is 0 Å². The Balaban J connectivity index is 2.38. The summed E-state index contributed by atoms with van der Waals surface area (Å²) in [5.74, 6) is 0.919. The first-order valence-corrected chi connectivity index (χ1v) is 6.20. The first-order valence-electron chi connectivity index (χ1n) is 6.20. The summed E-state index contributed by atoms with van der Waals surface area (Å²) in [5.41, 5.74) is 1.26. The molecule has 1 rings (SSSR count). The number of nitrogens with one attached hydrogen (secondary N) is 1. The van der Waals surface area contributed by atoms with Crippen LogP contribution in [0.2, 0.25) is 0 Å². The van der Waals surface area contributed by atoms with Crippen LogP contribution in [0.15, 0.2) is 24.3 Å². The van der Waals surface area contributed by atoms with Crippen LogP contribution < -0.4 is 10.1 Å². The van der Waals surface area contributed by atoms with Gasteiger partial charge in [0.1, 0.15) is 5.75 Å². The highest BCUT2D eigenvalue weighted by Gasteiger charge is 2.04. The van der Waals surface area contributed by atoms with Gasteiger partial charge in [-0.1, -0.05) is 19.1 Å². The van der Waals surface area contributed by atoms with E-state index in [2.05, 4.69) is 43.2 Å². The number of hydrogen-bond donors (Lipinski definition) is 1. The molecular formula is C14H24N2O. The SMILES string of the molecule is CCN(C)CC(C)NCc1cccc(OC)c1. The summed E-state index contributed by atoms with van der Waals surface area (Å²) in [5, 5.41) is 3.52. The molecule has 0 saturated heterocycles. The fourth-order valence-corrected chi connectivity index (χ4v) is 1.74. The minimum Gasteiger partial charge on any atom is -0.497 e. The zero-order valence-corrected chi connectivity index (χ0v) is 11.4. The van der Waals surface area contributed by atoms with Gasteiger partial charge in [-0.25, -0.2) is 0 Å². The van der Waals surface area contributed by atoms with Crippen LogP contribution in [-0.2, 0) is 6.54 Å². The fraction of sp³-hybridized carbons (Fsp3) is 0.571. The maximum atomic E-state index is 5.21. The molecule has 3 nitrogen and oxygen atoms in total. The Morgan fingerprint density at radius 1 is 1.41 bits per heavy atom. The zero-order valence-electron chi connectivity index (χ0n) is 11.4. The number of ether oxygens (including phenoxy) is 1. The number of methoxy groups -OCH3 is 1. The van der Waals surface area contributed by atoms with Gasteiger partial charge in [0.05, 0.1) is 7.11 Å². The maximum Gasteiger partial charge on any atom is 0.119 e. The number of rotatable bonds is 7. The molecule has 0 aliphatic rings. The van der Waals surface area contributed by atoms with E-state index in [1.54, 1.807) is 7.11 Å². The van der Waals surface area contributed by atoms with Gasteiger partial charge in [0.15, 0.2) is 0 Å². The molecule has 0 aliphatic carbocycles. The molecule has 3 heteroatoms. The second-order valence-electron chi connectivity index (χ2n) is 4.49. The van der Waals surface area contributed by atoms with Crippen molar-refractivity contribution in [1.82, 2.24) is 10.2 Å². The Hall–Kier alpha value is -1.06. The van der Waals surface area contributed by atoms with Gasteiger partial charge in [0, 0.05) is 19.1 Å². The van der Waals surface area contributed by atoms with E-state index >= 15 is 0 Å². The average molecular weight is 236 g/mol. The summed E-state index contributed by atoms with van der Waals surface area (Å²) in [6, 6.07) is 8.68. The predicted octanol–water partition coefficient (Wildman–Crippen LogP) is 2.12. The Morgan fingerprint density at radius 2 is 2.18 bits per heavy atom. The van der Waals surface area contributed by atoms with Crippen molar-refractivity contribution in [3.63, 3.8) is 0 Å². The van der Waals surface area contributed by atoms with Crippen LogP contribution in [0, 0.1) is 0 Å². The molecule has 0 saturated carbocycles. The molecule has 0 aromatic heterocycles. The van der Waals surface area contributed by atoms with Crippen molar-refractivity contribution < 1.29 is 4.74 Å². The molecule has 0 fully saturated rings. The molecule has 0 bridgehead atoms. The van der Waals surface area contributed by atoms with Crippen LogP contribution in [0.25, 0.3) is 0 Å². The smallest absolute Gasteiger partial charge is 0.119 e. The second kappa shape index (κ2) is 7.30. The van der Waals surface area contributed by atoms with Crippen LogP contribution in [0.1, 0.15) is 19.4 Å². The third-order valence-electron chi connectivity index (χ3n) is 2.91. The molecule has 0 radical (unpaired) electrons. The van der Waals surface area contributed by atoms with Gasteiger partial charge in [0.25, 0.3) is 0 Å². The Kier molecular flexibility index (Phi) is 6.01. The monoisotopic (exact) mass is 236 g/mol. The van der Waals surface area contributed by atoms with E-state index < -0.39 is 0 Å². The highest BCUT2D eigenvalue weighted by molar-refractivity contribution is 5.28. The van der Waals surface area contributed by atoms with Crippen LogP contribution in [0.4, 0.5) is 0 Å². The number of likely N-dealkylation sites (N-methyl/N-ethyl adjacent to an activating group) is 1. The topological polar surface area (TPSA) is 24.5 Å². The zero-order chi connectivity index (χ0) is 12.7. The van der Waals surface area contributed by atoms with Crippen molar-refractivity contribution in [1.29, 1.82) is 0 Å². The molecule has 0 aliphatic heterocycles. The van der Waals surface area contributed by atoms with E-state index in [1.165, 1.54) is 5.56 Å². The van der Waals surface area contributed by atoms with Crippen molar-refractivity contribution in [2.75, 3.05) is 27.2 Å². The lowest BCUT2D eigenvalue weighted by atomic mass is 10.2. The van der Waals surface area contributed by atoms with Crippen LogP contribution in [-0.4, -0.2) is 38.2 Å². The van der Waals surface area contributed by atoms with E-state index in [0.717, 1.165) is 25.4 Å². The number of benzene rings is 1. The van der Waals surface area contributed by atoms with Crippen LogP contribution in [0.5, 0.6) is 5.75 Å². The van der Waals surface area contributed by atoms with Gasteiger partial charge in [-0.2, -0.15) is 0 Å². The maximum absolute atomic E-state index is 5.21. The second-order valence-corrected chi connectivity index (χ2v) is 4.49. The largest absolute Gasteiger partial charge is 0.497 e. The molecule has 96 valence electrons. The lowest BCUT2D eigenvalue weighted by Gasteiger charge is -2.20. The minimum absolute atomic E-state index is 0.492. The molecule has 17 heavy (non-hydrogen) atoms. The molecule has 1 atom stereocenters. The fourth-order valence-electron chi connectivity index (χ4n) is 1.74. The van der Waals surface area contributed by atoms with Crippen LogP contribution in [0.3, 0.4) is 0 Å². The predicted molar refractivity (Wildman–Crippen MR) is 72.5 cm³/mol. The lowest BCUT2D eigenvalue weighted by Crippen LogP contribution is -2.36. The van der Waals surface area contributed by atoms with Crippen LogP contribution >= 0.6 is 0 Å². The quantitative estimate of drug-likeness (QED) is 0.785. The van der Waals surface area contributed by atoms with Crippen molar-refractivity contribution in [3.05, 3.63) is 29.8 Å². The highest BCUT2D eigenvalue weighted by Crippen LogP contribution is 2.12. The molecular weight excluding hydrogens is 212 g/mol.